The number of azo groups is 1. The molecule has 98 valence electrons. The van der Waals surface area contributed by atoms with E-state index < -0.39 is 4.92 Å². The molecule has 0 spiro atoms. The second kappa shape index (κ2) is 5.16. The monoisotopic (exact) mass is 300 g/mol. The summed E-state index contributed by atoms with van der Waals surface area (Å²) in [7, 11) is 0. The van der Waals surface area contributed by atoms with Crippen LogP contribution >= 0.6 is 22.9 Å². The molecule has 1 heterocycles. The average molecular weight is 301 g/mol. The zero-order valence-corrected chi connectivity index (χ0v) is 10.6. The molecule has 0 saturated carbocycles. The van der Waals surface area contributed by atoms with Gasteiger partial charge in [-0.1, -0.05) is 11.6 Å². The molecule has 0 fully saturated rings. The molecule has 0 aliphatic carbocycles. The van der Waals surface area contributed by atoms with Crippen LogP contribution in [0.15, 0.2) is 28.6 Å². The van der Waals surface area contributed by atoms with Gasteiger partial charge in [0.05, 0.1) is 9.95 Å². The molecule has 0 radical (unpaired) electrons. The van der Waals surface area contributed by atoms with E-state index in [1.165, 1.54) is 6.07 Å². The Hall–Kier alpha value is -2.26. The summed E-state index contributed by atoms with van der Waals surface area (Å²) in [6, 6.07) is 2.22. The maximum atomic E-state index is 10.4. The minimum absolute atomic E-state index is 0.00290. The molecule has 0 saturated heterocycles. The van der Waals surface area contributed by atoms with Crippen molar-refractivity contribution < 1.29 is 15.1 Å². The van der Waals surface area contributed by atoms with E-state index in [1.54, 1.807) is 0 Å². The highest BCUT2D eigenvalue weighted by Gasteiger charge is 2.11. The van der Waals surface area contributed by atoms with Gasteiger partial charge in [-0.25, -0.2) is 4.98 Å². The first-order valence-corrected chi connectivity index (χ1v) is 5.90. The molecule has 8 nitrogen and oxygen atoms in total. The molecule has 1 aromatic carbocycles. The van der Waals surface area contributed by atoms with Crippen LogP contribution in [0.3, 0.4) is 0 Å². The third-order valence-electron chi connectivity index (χ3n) is 1.95. The number of hydrogen-bond acceptors (Lipinski definition) is 8. The summed E-state index contributed by atoms with van der Waals surface area (Å²) in [5, 5.41) is 36.3. The van der Waals surface area contributed by atoms with Gasteiger partial charge in [-0.15, -0.1) is 10.2 Å². The van der Waals surface area contributed by atoms with E-state index in [0.717, 1.165) is 23.6 Å². The van der Waals surface area contributed by atoms with Crippen molar-refractivity contribution >= 4 is 38.8 Å². The van der Waals surface area contributed by atoms with E-state index >= 15 is 0 Å². The van der Waals surface area contributed by atoms with Gasteiger partial charge < -0.3 is 10.2 Å². The Balaban J connectivity index is 2.27. The number of phenolic OH excluding ortho intramolecular Hbond substituents is 2. The molecule has 2 rings (SSSR count). The van der Waals surface area contributed by atoms with Gasteiger partial charge in [-0.05, 0) is 17.4 Å². The van der Waals surface area contributed by atoms with Crippen LogP contribution in [0.1, 0.15) is 0 Å². The van der Waals surface area contributed by atoms with Gasteiger partial charge in [0.1, 0.15) is 23.4 Å². The molecule has 10 heteroatoms. The number of nitro groups is 1. The van der Waals surface area contributed by atoms with Gasteiger partial charge in [0.15, 0.2) is 0 Å². The predicted molar refractivity (Wildman–Crippen MR) is 67.7 cm³/mol. The Morgan fingerprint density at radius 2 is 2.05 bits per heavy atom. The molecule has 0 aliphatic heterocycles. The Labute approximate surface area is 114 Å². The van der Waals surface area contributed by atoms with Crippen LogP contribution in [0.5, 0.6) is 11.5 Å². The normalized spacial score (nSPS) is 11.0. The van der Waals surface area contributed by atoms with E-state index in [0.29, 0.717) is 0 Å². The molecule has 1 aromatic heterocycles. The third-order valence-corrected chi connectivity index (χ3v) is 3.08. The predicted octanol–water partition coefficient (Wildman–Crippen LogP) is 3.53. The second-order valence-electron chi connectivity index (χ2n) is 3.23. The lowest BCUT2D eigenvalue weighted by Gasteiger charge is -2.00. The number of aromatic nitrogens is 1. The van der Waals surface area contributed by atoms with Crippen molar-refractivity contribution in [1.82, 2.24) is 4.98 Å². The van der Waals surface area contributed by atoms with Crippen LogP contribution in [0, 0.1) is 10.1 Å². The van der Waals surface area contributed by atoms with Gasteiger partial charge >= 0.3 is 5.00 Å². The fraction of sp³-hybridized carbons (Fsp3) is 0. The van der Waals surface area contributed by atoms with Gasteiger partial charge in [0, 0.05) is 6.07 Å². The fourth-order valence-electron chi connectivity index (χ4n) is 1.10. The number of phenols is 2. The molecule has 0 bridgehead atoms. The summed E-state index contributed by atoms with van der Waals surface area (Å²) in [5.41, 5.74) is 0.0145. The highest BCUT2D eigenvalue weighted by atomic mass is 35.5. The highest BCUT2D eigenvalue weighted by molar-refractivity contribution is 7.18. The van der Waals surface area contributed by atoms with Crippen LogP contribution in [0.4, 0.5) is 15.8 Å². The fourth-order valence-corrected chi connectivity index (χ4v) is 1.82. The Morgan fingerprint density at radius 1 is 1.32 bits per heavy atom. The SMILES string of the molecule is O=[N+]([O-])c1cnc(N=Nc2cc(Cl)c(O)cc2O)s1. The number of benzene rings is 1. The quantitative estimate of drug-likeness (QED) is 0.510. The standard InChI is InChI=1S/C9H5ClN4O4S/c10-4-1-5(7(16)2-6(4)15)12-13-9-11-3-8(19-9)14(17)18/h1-3,15-16H. The van der Waals surface area contributed by atoms with Crippen molar-refractivity contribution in [2.75, 3.05) is 0 Å². The number of rotatable bonds is 3. The molecule has 0 aliphatic rings. The number of hydrogen-bond donors (Lipinski definition) is 2. The van der Waals surface area contributed by atoms with Crippen molar-refractivity contribution in [3.05, 3.63) is 33.5 Å². The highest BCUT2D eigenvalue weighted by Crippen LogP contribution is 2.37. The van der Waals surface area contributed by atoms with Crippen molar-refractivity contribution in [3.8, 4) is 11.5 Å². The number of halogens is 1. The van der Waals surface area contributed by atoms with Crippen molar-refractivity contribution in [2.24, 2.45) is 10.2 Å². The van der Waals surface area contributed by atoms with Gasteiger partial charge in [-0.3, -0.25) is 10.1 Å². The molecule has 2 aromatic rings. The van der Waals surface area contributed by atoms with Crippen molar-refractivity contribution in [3.63, 3.8) is 0 Å². The number of thiazole rings is 1. The first-order valence-electron chi connectivity index (χ1n) is 4.71. The van der Waals surface area contributed by atoms with Crippen LogP contribution in [0.2, 0.25) is 5.02 Å². The first-order chi connectivity index (χ1) is 8.97. The van der Waals surface area contributed by atoms with Gasteiger partial charge in [0.2, 0.25) is 5.13 Å². The summed E-state index contributed by atoms with van der Waals surface area (Å²) in [4.78, 5) is 13.5. The lowest BCUT2D eigenvalue weighted by Crippen LogP contribution is -1.80. The number of aromatic hydroxyl groups is 2. The summed E-state index contributed by atoms with van der Waals surface area (Å²) >= 11 is 6.39. The van der Waals surface area contributed by atoms with Crippen molar-refractivity contribution in [1.29, 1.82) is 0 Å². The zero-order valence-electron chi connectivity index (χ0n) is 9.02. The lowest BCUT2D eigenvalue weighted by molar-refractivity contribution is -0.380. The summed E-state index contributed by atoms with van der Waals surface area (Å²) in [5.74, 6) is -0.611. The third kappa shape index (κ3) is 2.95. The molecule has 19 heavy (non-hydrogen) atoms. The van der Waals surface area contributed by atoms with E-state index in [4.69, 9.17) is 11.6 Å². The maximum Gasteiger partial charge on any atom is 0.345 e. The molecule has 0 unspecified atom stereocenters. The van der Waals surface area contributed by atoms with E-state index in [1.807, 2.05) is 0 Å². The van der Waals surface area contributed by atoms with E-state index in [9.17, 15) is 20.3 Å². The van der Waals surface area contributed by atoms with Crippen molar-refractivity contribution in [2.45, 2.75) is 0 Å². The Bertz CT molecular complexity index is 672. The van der Waals surface area contributed by atoms with Crippen LogP contribution in [-0.4, -0.2) is 20.1 Å². The van der Waals surface area contributed by atoms with Gasteiger partial charge in [0.25, 0.3) is 0 Å². The molecular formula is C9H5ClN4O4S. The van der Waals surface area contributed by atoms with Crippen LogP contribution in [0.25, 0.3) is 0 Å². The average Bonchev–Trinajstić information content (AvgIpc) is 2.81. The minimum atomic E-state index is -0.592. The summed E-state index contributed by atoms with van der Waals surface area (Å²) in [6.45, 7) is 0. The summed E-state index contributed by atoms with van der Waals surface area (Å²) in [6.07, 6.45) is 1.06. The number of nitrogens with zero attached hydrogens (tertiary/aromatic N) is 4. The molecule has 0 amide bonds. The van der Waals surface area contributed by atoms with Crippen LogP contribution in [-0.2, 0) is 0 Å². The Kier molecular flexibility index (Phi) is 3.58. The maximum absolute atomic E-state index is 10.4. The topological polar surface area (TPSA) is 121 Å². The Morgan fingerprint density at radius 3 is 2.68 bits per heavy atom. The second-order valence-corrected chi connectivity index (χ2v) is 4.63. The lowest BCUT2D eigenvalue weighted by atomic mass is 10.3. The minimum Gasteiger partial charge on any atom is -0.506 e. The molecule has 0 atom stereocenters. The largest absolute Gasteiger partial charge is 0.506 e. The van der Waals surface area contributed by atoms with E-state index in [-0.39, 0.29) is 32.3 Å². The smallest absolute Gasteiger partial charge is 0.345 e. The molecule has 2 N–H and O–H groups in total. The first kappa shape index (κ1) is 13.2. The van der Waals surface area contributed by atoms with Gasteiger partial charge in [-0.2, -0.15) is 0 Å². The van der Waals surface area contributed by atoms with E-state index in [2.05, 4.69) is 15.2 Å². The zero-order chi connectivity index (χ0) is 14.0. The summed E-state index contributed by atoms with van der Waals surface area (Å²) < 4.78 is 0. The van der Waals surface area contributed by atoms with Crippen LogP contribution < -0.4 is 0 Å². The molecular weight excluding hydrogens is 296 g/mol.